The van der Waals surface area contributed by atoms with Crippen LogP contribution >= 0.6 is 23.4 Å². The average molecular weight is 428 g/mol. The molecule has 0 fully saturated rings. The van der Waals surface area contributed by atoms with E-state index in [1.54, 1.807) is 24.3 Å². The maximum absolute atomic E-state index is 12.6. The van der Waals surface area contributed by atoms with E-state index in [1.165, 1.54) is 30.6 Å². The summed E-state index contributed by atoms with van der Waals surface area (Å²) in [6, 6.07) is 14.5. The Kier molecular flexibility index (Phi) is 6.85. The van der Waals surface area contributed by atoms with Crippen LogP contribution in [0.3, 0.4) is 0 Å². The minimum Gasteiger partial charge on any atom is -0.465 e. The van der Waals surface area contributed by atoms with Gasteiger partial charge in [-0.15, -0.1) is 0 Å². The molecular weight excluding hydrogens is 410 g/mol. The molecule has 0 aliphatic heterocycles. The minimum absolute atomic E-state index is 0.0884. The van der Waals surface area contributed by atoms with Gasteiger partial charge in [0.05, 0.1) is 23.9 Å². The van der Waals surface area contributed by atoms with Crippen LogP contribution in [0.1, 0.15) is 32.0 Å². The van der Waals surface area contributed by atoms with E-state index in [2.05, 4.69) is 26.1 Å². The smallest absolute Gasteiger partial charge is 0.337 e. The van der Waals surface area contributed by atoms with Crippen LogP contribution in [0, 0.1) is 6.92 Å². The molecular formula is C21H18ClN3O3S. The van der Waals surface area contributed by atoms with Gasteiger partial charge in [-0.25, -0.2) is 14.8 Å². The molecule has 3 aromatic rings. The number of benzene rings is 2. The molecule has 1 amide bonds. The molecule has 8 heteroatoms. The monoisotopic (exact) mass is 427 g/mol. The highest BCUT2D eigenvalue weighted by Gasteiger charge is 2.15. The number of hydrogen-bond acceptors (Lipinski definition) is 6. The summed E-state index contributed by atoms with van der Waals surface area (Å²) < 4.78 is 4.65. The summed E-state index contributed by atoms with van der Waals surface area (Å²) in [6.07, 6.45) is 1.42. The van der Waals surface area contributed by atoms with Gasteiger partial charge in [-0.05, 0) is 36.8 Å². The van der Waals surface area contributed by atoms with Gasteiger partial charge >= 0.3 is 5.97 Å². The topological polar surface area (TPSA) is 81.2 Å². The maximum atomic E-state index is 12.6. The van der Waals surface area contributed by atoms with E-state index in [1.807, 2.05) is 25.1 Å². The minimum atomic E-state index is -0.458. The molecule has 1 aromatic heterocycles. The fraction of sp³-hybridized carbons (Fsp3) is 0.143. The number of amides is 1. The van der Waals surface area contributed by atoms with E-state index >= 15 is 0 Å². The number of thioether (sulfide) groups is 1. The third-order valence-electron chi connectivity index (χ3n) is 3.95. The van der Waals surface area contributed by atoms with Crippen molar-refractivity contribution in [3.8, 4) is 0 Å². The number of methoxy groups -OCH3 is 1. The number of aromatic nitrogens is 2. The van der Waals surface area contributed by atoms with Crippen molar-refractivity contribution in [3.63, 3.8) is 0 Å². The van der Waals surface area contributed by atoms with Crippen LogP contribution in [0.2, 0.25) is 5.02 Å². The van der Waals surface area contributed by atoms with Gasteiger partial charge in [0.25, 0.3) is 5.91 Å². The van der Waals surface area contributed by atoms with Gasteiger partial charge in [0.2, 0.25) is 0 Å². The van der Waals surface area contributed by atoms with E-state index in [9.17, 15) is 9.59 Å². The van der Waals surface area contributed by atoms with Crippen LogP contribution in [0.25, 0.3) is 0 Å². The van der Waals surface area contributed by atoms with Crippen molar-refractivity contribution < 1.29 is 14.3 Å². The molecule has 2 aromatic carbocycles. The highest BCUT2D eigenvalue weighted by Crippen LogP contribution is 2.23. The van der Waals surface area contributed by atoms with E-state index in [0.717, 1.165) is 5.56 Å². The van der Waals surface area contributed by atoms with Crippen LogP contribution in [-0.4, -0.2) is 29.0 Å². The fourth-order valence-electron chi connectivity index (χ4n) is 2.53. The van der Waals surface area contributed by atoms with Gasteiger partial charge in [-0.2, -0.15) is 0 Å². The van der Waals surface area contributed by atoms with Crippen LogP contribution in [0.15, 0.2) is 59.9 Å². The van der Waals surface area contributed by atoms with Crippen LogP contribution in [0.4, 0.5) is 5.69 Å². The SMILES string of the molecule is COC(=O)c1ccc(NC(=O)c2nc(SCc3cccc(C)c3)ncc2Cl)cc1. The second kappa shape index (κ2) is 9.54. The normalized spacial score (nSPS) is 10.4. The quantitative estimate of drug-likeness (QED) is 0.346. The zero-order valence-corrected chi connectivity index (χ0v) is 17.4. The lowest BCUT2D eigenvalue weighted by molar-refractivity contribution is 0.0600. The van der Waals surface area contributed by atoms with Crippen LogP contribution in [0.5, 0.6) is 0 Å². The second-order valence-corrected chi connectivity index (χ2v) is 7.50. The van der Waals surface area contributed by atoms with Gasteiger partial charge in [-0.3, -0.25) is 4.79 Å². The number of ether oxygens (including phenoxy) is 1. The van der Waals surface area contributed by atoms with Crippen molar-refractivity contribution >= 4 is 40.9 Å². The molecule has 3 rings (SSSR count). The Morgan fingerprint density at radius 3 is 2.62 bits per heavy atom. The number of hydrogen-bond donors (Lipinski definition) is 1. The number of carbonyl (C=O) groups is 2. The predicted octanol–water partition coefficient (Wildman–Crippen LogP) is 4.77. The first-order valence-electron chi connectivity index (χ1n) is 8.67. The molecule has 1 N–H and O–H groups in total. The third kappa shape index (κ3) is 5.56. The molecule has 0 spiro atoms. The Bertz CT molecular complexity index is 1040. The van der Waals surface area contributed by atoms with E-state index in [0.29, 0.717) is 22.2 Å². The molecule has 1 heterocycles. The highest BCUT2D eigenvalue weighted by atomic mass is 35.5. The molecule has 0 saturated carbocycles. The van der Waals surface area contributed by atoms with Crippen LogP contribution < -0.4 is 5.32 Å². The van der Waals surface area contributed by atoms with E-state index in [-0.39, 0.29) is 10.7 Å². The summed E-state index contributed by atoms with van der Waals surface area (Å²) in [7, 11) is 1.31. The Hall–Kier alpha value is -2.90. The molecule has 0 radical (unpaired) electrons. The molecule has 0 saturated heterocycles. The molecule has 0 aliphatic rings. The number of rotatable bonds is 6. The molecule has 0 atom stereocenters. The van der Waals surface area contributed by atoms with Crippen molar-refractivity contribution in [1.82, 2.24) is 9.97 Å². The maximum Gasteiger partial charge on any atom is 0.337 e. The number of esters is 1. The van der Waals surface area contributed by atoms with Gasteiger partial charge in [-0.1, -0.05) is 53.2 Å². The first-order valence-corrected chi connectivity index (χ1v) is 10.0. The summed E-state index contributed by atoms with van der Waals surface area (Å²) in [5.41, 5.74) is 3.31. The van der Waals surface area contributed by atoms with Crippen molar-refractivity contribution in [1.29, 1.82) is 0 Å². The summed E-state index contributed by atoms with van der Waals surface area (Å²) in [6.45, 7) is 2.03. The molecule has 148 valence electrons. The Morgan fingerprint density at radius 1 is 1.17 bits per heavy atom. The summed E-state index contributed by atoms with van der Waals surface area (Å²) >= 11 is 7.55. The summed E-state index contributed by atoms with van der Waals surface area (Å²) in [4.78, 5) is 32.6. The van der Waals surface area contributed by atoms with Gasteiger partial charge in [0.1, 0.15) is 0 Å². The number of nitrogens with zero attached hydrogens (tertiary/aromatic N) is 2. The Labute approximate surface area is 177 Å². The molecule has 0 unspecified atom stereocenters. The first-order chi connectivity index (χ1) is 14.0. The second-order valence-electron chi connectivity index (χ2n) is 6.15. The number of aryl methyl sites for hydroxylation is 1. The summed E-state index contributed by atoms with van der Waals surface area (Å²) in [5, 5.41) is 3.34. The van der Waals surface area contributed by atoms with E-state index < -0.39 is 11.9 Å². The molecule has 6 nitrogen and oxygen atoms in total. The fourth-order valence-corrected chi connectivity index (χ4v) is 3.46. The predicted molar refractivity (Wildman–Crippen MR) is 114 cm³/mol. The number of anilines is 1. The number of nitrogens with one attached hydrogen (secondary N) is 1. The zero-order valence-electron chi connectivity index (χ0n) is 15.8. The largest absolute Gasteiger partial charge is 0.465 e. The number of halogens is 1. The van der Waals surface area contributed by atoms with Crippen LogP contribution in [-0.2, 0) is 10.5 Å². The van der Waals surface area contributed by atoms with Gasteiger partial charge < -0.3 is 10.1 Å². The lowest BCUT2D eigenvalue weighted by atomic mass is 10.2. The lowest BCUT2D eigenvalue weighted by Crippen LogP contribution is -2.15. The standard InChI is InChI=1S/C21H18ClN3O3S/c1-13-4-3-5-14(10-13)12-29-21-23-11-17(22)18(25-21)19(26)24-16-8-6-15(7-9-16)20(27)28-2/h3-11H,12H2,1-2H3,(H,24,26). The van der Waals surface area contributed by atoms with Crippen molar-refractivity contribution in [2.45, 2.75) is 17.8 Å². The van der Waals surface area contributed by atoms with Crippen molar-refractivity contribution in [3.05, 3.63) is 82.1 Å². The molecule has 0 aliphatic carbocycles. The third-order valence-corrected chi connectivity index (χ3v) is 5.16. The highest BCUT2D eigenvalue weighted by molar-refractivity contribution is 7.98. The van der Waals surface area contributed by atoms with Crippen molar-refractivity contribution in [2.75, 3.05) is 12.4 Å². The summed E-state index contributed by atoms with van der Waals surface area (Å²) in [5.74, 6) is -0.225. The van der Waals surface area contributed by atoms with E-state index in [4.69, 9.17) is 11.6 Å². The molecule has 29 heavy (non-hydrogen) atoms. The lowest BCUT2D eigenvalue weighted by Gasteiger charge is -2.08. The Morgan fingerprint density at radius 2 is 1.93 bits per heavy atom. The van der Waals surface area contributed by atoms with Gasteiger partial charge in [0.15, 0.2) is 10.9 Å². The van der Waals surface area contributed by atoms with Crippen molar-refractivity contribution in [2.24, 2.45) is 0 Å². The molecule has 0 bridgehead atoms. The van der Waals surface area contributed by atoms with Gasteiger partial charge in [0, 0.05) is 11.4 Å². The average Bonchev–Trinajstić information content (AvgIpc) is 2.73. The first kappa shape index (κ1) is 20.8. The zero-order chi connectivity index (χ0) is 20.8. The number of carbonyl (C=O) groups excluding carboxylic acids is 2. The Balaban J connectivity index is 1.70.